The van der Waals surface area contributed by atoms with E-state index in [-0.39, 0.29) is 11.8 Å². The molecule has 1 aromatic carbocycles. The normalized spacial score (nSPS) is 20.4. The lowest BCUT2D eigenvalue weighted by Gasteiger charge is -2.09. The molecule has 1 atom stereocenters. The molecule has 0 bridgehead atoms. The summed E-state index contributed by atoms with van der Waals surface area (Å²) in [5.74, 6) is 0.705. The Bertz CT molecular complexity index is 633. The van der Waals surface area contributed by atoms with Crippen LogP contribution in [0.25, 0.3) is 0 Å². The van der Waals surface area contributed by atoms with Crippen LogP contribution < -0.4 is 5.32 Å². The zero-order valence-electron chi connectivity index (χ0n) is 11.4. The number of amides is 1. The SMILES string of the molecule is O=C(NCCCC1CCS(=O)(=O)C1)c1ccc(Cl)c(Br)c1. The standard InChI is InChI=1S/C14H17BrClNO3S/c15-12-8-11(3-4-13(12)16)14(18)17-6-1-2-10-5-7-21(19,20)9-10/h3-4,8,10H,1-2,5-7,9H2,(H,17,18). The number of carbonyl (C=O) groups is 1. The van der Waals surface area contributed by atoms with Crippen molar-refractivity contribution in [1.82, 2.24) is 5.32 Å². The number of nitrogens with one attached hydrogen (secondary N) is 1. The van der Waals surface area contributed by atoms with Gasteiger partial charge in [0.05, 0.1) is 16.5 Å². The summed E-state index contributed by atoms with van der Waals surface area (Å²) < 4.78 is 23.4. The fourth-order valence-corrected chi connectivity index (χ4v) is 4.84. The molecule has 0 radical (unpaired) electrons. The zero-order valence-corrected chi connectivity index (χ0v) is 14.6. The molecule has 1 unspecified atom stereocenters. The molecule has 1 heterocycles. The second-order valence-electron chi connectivity index (χ2n) is 5.30. The van der Waals surface area contributed by atoms with E-state index < -0.39 is 9.84 Å². The zero-order chi connectivity index (χ0) is 15.5. The third kappa shape index (κ3) is 4.97. The Balaban J connectivity index is 1.73. The maximum absolute atomic E-state index is 11.9. The van der Waals surface area contributed by atoms with Gasteiger partial charge in [0.1, 0.15) is 0 Å². The number of rotatable bonds is 5. The first kappa shape index (κ1) is 16.8. The number of sulfone groups is 1. The summed E-state index contributed by atoms with van der Waals surface area (Å²) in [6, 6.07) is 5.02. The van der Waals surface area contributed by atoms with Gasteiger partial charge in [-0.1, -0.05) is 11.6 Å². The average molecular weight is 395 g/mol. The summed E-state index contributed by atoms with van der Waals surface area (Å²) in [6.07, 6.45) is 2.38. The van der Waals surface area contributed by atoms with E-state index in [0.29, 0.717) is 33.1 Å². The highest BCUT2D eigenvalue weighted by atomic mass is 79.9. The summed E-state index contributed by atoms with van der Waals surface area (Å²) >= 11 is 9.16. The van der Waals surface area contributed by atoms with Gasteiger partial charge in [-0.25, -0.2) is 8.42 Å². The Hall–Kier alpha value is -0.590. The first-order chi connectivity index (χ1) is 9.87. The van der Waals surface area contributed by atoms with Gasteiger partial charge in [0.15, 0.2) is 9.84 Å². The van der Waals surface area contributed by atoms with E-state index in [1.807, 2.05) is 0 Å². The number of carbonyl (C=O) groups excluding carboxylic acids is 1. The number of hydrogen-bond acceptors (Lipinski definition) is 3. The van der Waals surface area contributed by atoms with Crippen molar-refractivity contribution in [3.05, 3.63) is 33.3 Å². The molecule has 1 fully saturated rings. The summed E-state index contributed by atoms with van der Waals surface area (Å²) in [7, 11) is -2.81. The quantitative estimate of drug-likeness (QED) is 0.781. The highest BCUT2D eigenvalue weighted by Crippen LogP contribution is 2.24. The van der Waals surface area contributed by atoms with E-state index in [2.05, 4.69) is 21.2 Å². The van der Waals surface area contributed by atoms with Gasteiger partial charge in [-0.05, 0) is 59.3 Å². The maximum atomic E-state index is 11.9. The first-order valence-corrected chi connectivity index (χ1v) is 9.80. The molecule has 1 aromatic rings. The van der Waals surface area contributed by atoms with Gasteiger partial charge in [-0.15, -0.1) is 0 Å². The van der Waals surface area contributed by atoms with Gasteiger partial charge in [0.25, 0.3) is 5.91 Å². The van der Waals surface area contributed by atoms with Crippen LogP contribution in [0.4, 0.5) is 0 Å². The molecule has 1 aliphatic rings. The van der Waals surface area contributed by atoms with Crippen molar-refractivity contribution in [3.8, 4) is 0 Å². The number of benzene rings is 1. The van der Waals surface area contributed by atoms with E-state index in [1.165, 1.54) is 0 Å². The van der Waals surface area contributed by atoms with Gasteiger partial charge in [-0.3, -0.25) is 4.79 Å². The first-order valence-electron chi connectivity index (χ1n) is 6.81. The van der Waals surface area contributed by atoms with Crippen LogP contribution in [-0.4, -0.2) is 32.4 Å². The van der Waals surface area contributed by atoms with Crippen LogP contribution in [0.5, 0.6) is 0 Å². The van der Waals surface area contributed by atoms with Gasteiger partial charge < -0.3 is 5.32 Å². The largest absolute Gasteiger partial charge is 0.352 e. The molecule has 7 heteroatoms. The van der Waals surface area contributed by atoms with Crippen LogP contribution in [0.1, 0.15) is 29.6 Å². The summed E-state index contributed by atoms with van der Waals surface area (Å²) in [5, 5.41) is 3.40. The van der Waals surface area contributed by atoms with Crippen LogP contribution in [0.2, 0.25) is 5.02 Å². The van der Waals surface area contributed by atoms with Crippen molar-refractivity contribution in [2.24, 2.45) is 5.92 Å². The smallest absolute Gasteiger partial charge is 0.251 e. The lowest BCUT2D eigenvalue weighted by Crippen LogP contribution is -2.24. The van der Waals surface area contributed by atoms with Gasteiger partial charge in [0.2, 0.25) is 0 Å². The highest BCUT2D eigenvalue weighted by Gasteiger charge is 2.27. The van der Waals surface area contributed by atoms with Crippen molar-refractivity contribution < 1.29 is 13.2 Å². The predicted molar refractivity (Wildman–Crippen MR) is 87.5 cm³/mol. The van der Waals surface area contributed by atoms with E-state index in [4.69, 9.17) is 11.6 Å². The molecular weight excluding hydrogens is 378 g/mol. The molecule has 4 nitrogen and oxygen atoms in total. The highest BCUT2D eigenvalue weighted by molar-refractivity contribution is 9.10. The van der Waals surface area contributed by atoms with Crippen LogP contribution in [0.3, 0.4) is 0 Å². The van der Waals surface area contributed by atoms with E-state index in [9.17, 15) is 13.2 Å². The van der Waals surface area contributed by atoms with Gasteiger partial charge >= 0.3 is 0 Å². The van der Waals surface area contributed by atoms with Crippen molar-refractivity contribution in [3.63, 3.8) is 0 Å². The minimum Gasteiger partial charge on any atom is -0.352 e. The molecule has 1 aliphatic heterocycles. The molecule has 116 valence electrons. The third-order valence-electron chi connectivity index (χ3n) is 3.58. The van der Waals surface area contributed by atoms with Crippen molar-refractivity contribution >= 4 is 43.3 Å². The molecule has 21 heavy (non-hydrogen) atoms. The number of halogens is 2. The van der Waals surface area contributed by atoms with Crippen molar-refractivity contribution in [2.75, 3.05) is 18.1 Å². The summed E-state index contributed by atoms with van der Waals surface area (Å²) in [4.78, 5) is 11.9. The molecule has 1 saturated heterocycles. The van der Waals surface area contributed by atoms with Crippen molar-refractivity contribution in [1.29, 1.82) is 0 Å². The third-order valence-corrected chi connectivity index (χ3v) is 6.63. The van der Waals surface area contributed by atoms with Crippen LogP contribution in [0, 0.1) is 5.92 Å². The predicted octanol–water partition coefficient (Wildman–Crippen LogP) is 3.05. The Morgan fingerprint density at radius 2 is 2.19 bits per heavy atom. The Morgan fingerprint density at radius 1 is 1.43 bits per heavy atom. The lowest BCUT2D eigenvalue weighted by atomic mass is 10.0. The molecule has 2 rings (SSSR count). The maximum Gasteiger partial charge on any atom is 0.251 e. The van der Waals surface area contributed by atoms with Crippen molar-refractivity contribution in [2.45, 2.75) is 19.3 Å². The number of hydrogen-bond donors (Lipinski definition) is 1. The minimum absolute atomic E-state index is 0.147. The Morgan fingerprint density at radius 3 is 2.81 bits per heavy atom. The molecule has 0 saturated carbocycles. The average Bonchev–Trinajstić information content (AvgIpc) is 2.77. The topological polar surface area (TPSA) is 63.2 Å². The van der Waals surface area contributed by atoms with E-state index in [1.54, 1.807) is 18.2 Å². The second kappa shape index (κ2) is 7.11. The minimum atomic E-state index is -2.81. The van der Waals surface area contributed by atoms with Crippen LogP contribution in [0.15, 0.2) is 22.7 Å². The van der Waals surface area contributed by atoms with Crippen LogP contribution in [-0.2, 0) is 9.84 Å². The Kier molecular flexibility index (Phi) is 5.68. The summed E-state index contributed by atoms with van der Waals surface area (Å²) in [5.41, 5.74) is 0.551. The van der Waals surface area contributed by atoms with Gasteiger partial charge in [0, 0.05) is 16.6 Å². The van der Waals surface area contributed by atoms with E-state index >= 15 is 0 Å². The van der Waals surface area contributed by atoms with E-state index in [0.717, 1.165) is 19.3 Å². The fraction of sp³-hybridized carbons (Fsp3) is 0.500. The molecule has 1 amide bonds. The summed E-state index contributed by atoms with van der Waals surface area (Å²) in [6.45, 7) is 0.551. The monoisotopic (exact) mass is 393 g/mol. The molecule has 0 spiro atoms. The second-order valence-corrected chi connectivity index (χ2v) is 8.79. The van der Waals surface area contributed by atoms with Crippen LogP contribution >= 0.6 is 27.5 Å². The molecule has 0 aliphatic carbocycles. The lowest BCUT2D eigenvalue weighted by molar-refractivity contribution is 0.0952. The fourth-order valence-electron chi connectivity index (χ4n) is 2.43. The Labute approximate surface area is 138 Å². The molecule has 0 aromatic heterocycles. The molecular formula is C14H17BrClNO3S. The van der Waals surface area contributed by atoms with Gasteiger partial charge in [-0.2, -0.15) is 0 Å². The molecule has 1 N–H and O–H groups in total.